The lowest BCUT2D eigenvalue weighted by Gasteiger charge is -2.08. The van der Waals surface area contributed by atoms with Crippen LogP contribution in [0.5, 0.6) is 11.5 Å². The van der Waals surface area contributed by atoms with Gasteiger partial charge in [-0.15, -0.1) is 0 Å². The Morgan fingerprint density at radius 1 is 1.13 bits per heavy atom. The lowest BCUT2D eigenvalue weighted by Crippen LogP contribution is -2.20. The molecule has 2 aromatic rings. The van der Waals surface area contributed by atoms with Crippen LogP contribution in [0.2, 0.25) is 0 Å². The largest absolute Gasteiger partial charge is 0.496 e. The fraction of sp³-hybridized carbons (Fsp3) is 0.211. The fourth-order valence-corrected chi connectivity index (χ4v) is 2.10. The highest BCUT2D eigenvalue weighted by atomic mass is 16.5. The second kappa shape index (κ2) is 8.63. The molecule has 23 heavy (non-hydrogen) atoms. The number of carbonyl (C=O) groups excluding carboxylic acids is 1. The van der Waals surface area contributed by atoms with Crippen LogP contribution < -0.4 is 14.8 Å². The van der Waals surface area contributed by atoms with E-state index in [0.717, 1.165) is 22.6 Å². The van der Waals surface area contributed by atoms with Crippen molar-refractivity contribution in [2.45, 2.75) is 13.5 Å². The number of ether oxygens (including phenoxy) is 2. The van der Waals surface area contributed by atoms with Crippen LogP contribution in [0.25, 0.3) is 6.08 Å². The minimum absolute atomic E-state index is 0.148. The Kier molecular flexibility index (Phi) is 6.24. The Hall–Kier alpha value is -2.75. The molecule has 0 bridgehead atoms. The summed E-state index contributed by atoms with van der Waals surface area (Å²) < 4.78 is 10.6. The van der Waals surface area contributed by atoms with E-state index in [1.165, 1.54) is 6.08 Å². The molecule has 0 radical (unpaired) electrons. The predicted octanol–water partition coefficient (Wildman–Crippen LogP) is 3.42. The smallest absolute Gasteiger partial charge is 0.244 e. The third-order valence-corrected chi connectivity index (χ3v) is 3.26. The number of para-hydroxylation sites is 1. The van der Waals surface area contributed by atoms with Crippen molar-refractivity contribution >= 4 is 12.0 Å². The molecule has 0 fully saturated rings. The number of methoxy groups -OCH3 is 1. The van der Waals surface area contributed by atoms with E-state index in [-0.39, 0.29) is 5.91 Å². The first-order chi connectivity index (χ1) is 11.2. The molecule has 0 saturated heterocycles. The second-order valence-corrected chi connectivity index (χ2v) is 4.87. The van der Waals surface area contributed by atoms with Crippen LogP contribution >= 0.6 is 0 Å². The molecule has 4 heteroatoms. The summed E-state index contributed by atoms with van der Waals surface area (Å²) >= 11 is 0. The van der Waals surface area contributed by atoms with Crippen molar-refractivity contribution in [3.05, 3.63) is 65.7 Å². The maximum atomic E-state index is 11.9. The van der Waals surface area contributed by atoms with E-state index in [1.54, 1.807) is 13.2 Å². The lowest BCUT2D eigenvalue weighted by atomic mass is 10.2. The van der Waals surface area contributed by atoms with E-state index in [2.05, 4.69) is 5.32 Å². The highest BCUT2D eigenvalue weighted by Crippen LogP contribution is 2.16. The average molecular weight is 311 g/mol. The van der Waals surface area contributed by atoms with Gasteiger partial charge in [-0.2, -0.15) is 0 Å². The van der Waals surface area contributed by atoms with Crippen molar-refractivity contribution in [3.8, 4) is 11.5 Å². The molecular weight excluding hydrogens is 290 g/mol. The summed E-state index contributed by atoms with van der Waals surface area (Å²) in [5.41, 5.74) is 1.89. The summed E-state index contributed by atoms with van der Waals surface area (Å²) in [6.45, 7) is 3.01. The molecule has 0 aliphatic heterocycles. The second-order valence-electron chi connectivity index (χ2n) is 4.87. The standard InChI is InChI=1S/C19H21NO3/c1-3-23-17-11-8-15(9-12-17)10-13-19(21)20-14-16-6-4-5-7-18(16)22-2/h4-13H,3,14H2,1-2H3,(H,20,21)/b13-10+. The third kappa shape index (κ3) is 5.18. The zero-order valence-corrected chi connectivity index (χ0v) is 13.4. The summed E-state index contributed by atoms with van der Waals surface area (Å²) in [6, 6.07) is 15.2. The molecule has 1 amide bonds. The van der Waals surface area contributed by atoms with Crippen LogP contribution in [0.15, 0.2) is 54.6 Å². The Bertz CT molecular complexity index is 663. The van der Waals surface area contributed by atoms with Crippen LogP contribution in [0.4, 0.5) is 0 Å². The number of hydrogen-bond donors (Lipinski definition) is 1. The maximum Gasteiger partial charge on any atom is 0.244 e. The molecule has 0 saturated carbocycles. The van der Waals surface area contributed by atoms with Crippen molar-refractivity contribution < 1.29 is 14.3 Å². The zero-order valence-electron chi connectivity index (χ0n) is 13.4. The van der Waals surface area contributed by atoms with E-state index in [0.29, 0.717) is 13.2 Å². The van der Waals surface area contributed by atoms with Gasteiger partial charge in [0.05, 0.1) is 13.7 Å². The summed E-state index contributed by atoms with van der Waals surface area (Å²) in [5, 5.41) is 2.85. The van der Waals surface area contributed by atoms with Crippen molar-refractivity contribution in [1.29, 1.82) is 0 Å². The van der Waals surface area contributed by atoms with Gasteiger partial charge in [-0.25, -0.2) is 0 Å². The molecule has 0 unspecified atom stereocenters. The fourth-order valence-electron chi connectivity index (χ4n) is 2.10. The highest BCUT2D eigenvalue weighted by Gasteiger charge is 2.02. The number of amides is 1. The zero-order chi connectivity index (χ0) is 16.5. The van der Waals surface area contributed by atoms with Crippen LogP contribution in [-0.2, 0) is 11.3 Å². The van der Waals surface area contributed by atoms with Crippen molar-refractivity contribution in [3.63, 3.8) is 0 Å². The molecule has 0 spiro atoms. The van der Waals surface area contributed by atoms with Crippen LogP contribution in [-0.4, -0.2) is 19.6 Å². The van der Waals surface area contributed by atoms with Crippen molar-refractivity contribution in [1.82, 2.24) is 5.32 Å². The first-order valence-electron chi connectivity index (χ1n) is 7.53. The van der Waals surface area contributed by atoms with Gasteiger partial charge >= 0.3 is 0 Å². The van der Waals surface area contributed by atoms with E-state index in [1.807, 2.05) is 55.5 Å². The minimum Gasteiger partial charge on any atom is -0.496 e. The SMILES string of the molecule is CCOc1ccc(/C=C/C(=O)NCc2ccccc2OC)cc1. The van der Waals surface area contributed by atoms with Gasteiger partial charge in [-0.05, 0) is 36.8 Å². The molecule has 0 heterocycles. The predicted molar refractivity (Wildman–Crippen MR) is 91.5 cm³/mol. The summed E-state index contributed by atoms with van der Waals surface area (Å²) in [6.07, 6.45) is 3.29. The number of rotatable bonds is 7. The molecule has 1 N–H and O–H groups in total. The lowest BCUT2D eigenvalue weighted by molar-refractivity contribution is -0.116. The van der Waals surface area contributed by atoms with Gasteiger partial charge in [-0.1, -0.05) is 30.3 Å². The van der Waals surface area contributed by atoms with Gasteiger partial charge in [0, 0.05) is 18.2 Å². The van der Waals surface area contributed by atoms with E-state index < -0.39 is 0 Å². The highest BCUT2D eigenvalue weighted by molar-refractivity contribution is 5.91. The van der Waals surface area contributed by atoms with E-state index >= 15 is 0 Å². The van der Waals surface area contributed by atoms with Gasteiger partial charge in [0.1, 0.15) is 11.5 Å². The number of benzene rings is 2. The number of carbonyl (C=O) groups is 1. The normalized spacial score (nSPS) is 10.5. The number of nitrogens with one attached hydrogen (secondary N) is 1. The molecule has 0 aliphatic carbocycles. The van der Waals surface area contributed by atoms with Gasteiger partial charge in [-0.3, -0.25) is 4.79 Å². The van der Waals surface area contributed by atoms with Gasteiger partial charge in [0.25, 0.3) is 0 Å². The third-order valence-electron chi connectivity index (χ3n) is 3.26. The topological polar surface area (TPSA) is 47.6 Å². The molecule has 2 rings (SSSR count). The molecule has 0 atom stereocenters. The Morgan fingerprint density at radius 2 is 1.87 bits per heavy atom. The Morgan fingerprint density at radius 3 is 2.57 bits per heavy atom. The first kappa shape index (κ1) is 16.6. The summed E-state index contributed by atoms with van der Waals surface area (Å²) in [7, 11) is 1.62. The van der Waals surface area contributed by atoms with Crippen molar-refractivity contribution in [2.24, 2.45) is 0 Å². The van der Waals surface area contributed by atoms with Crippen LogP contribution in [0.3, 0.4) is 0 Å². The Balaban J connectivity index is 1.88. The molecule has 120 valence electrons. The van der Waals surface area contributed by atoms with Gasteiger partial charge < -0.3 is 14.8 Å². The molecule has 0 aliphatic rings. The quantitative estimate of drug-likeness (QED) is 0.797. The summed E-state index contributed by atoms with van der Waals surface area (Å²) in [4.78, 5) is 11.9. The molecule has 0 aromatic heterocycles. The molecule has 4 nitrogen and oxygen atoms in total. The van der Waals surface area contributed by atoms with E-state index in [4.69, 9.17) is 9.47 Å². The van der Waals surface area contributed by atoms with Crippen LogP contribution in [0.1, 0.15) is 18.1 Å². The van der Waals surface area contributed by atoms with Gasteiger partial charge in [0.2, 0.25) is 5.91 Å². The molecular formula is C19H21NO3. The molecule has 2 aromatic carbocycles. The van der Waals surface area contributed by atoms with Gasteiger partial charge in [0.15, 0.2) is 0 Å². The summed E-state index contributed by atoms with van der Waals surface area (Å²) in [5.74, 6) is 1.44. The van der Waals surface area contributed by atoms with Crippen molar-refractivity contribution in [2.75, 3.05) is 13.7 Å². The monoisotopic (exact) mass is 311 g/mol. The Labute approximate surface area is 136 Å². The van der Waals surface area contributed by atoms with E-state index in [9.17, 15) is 4.79 Å². The first-order valence-corrected chi connectivity index (χ1v) is 7.53. The minimum atomic E-state index is -0.148. The van der Waals surface area contributed by atoms with Crippen LogP contribution in [0, 0.1) is 0 Å². The maximum absolute atomic E-state index is 11.9. The number of hydrogen-bond acceptors (Lipinski definition) is 3. The average Bonchev–Trinajstić information content (AvgIpc) is 2.60.